The van der Waals surface area contributed by atoms with Crippen molar-refractivity contribution in [3.8, 4) is 5.75 Å². The highest BCUT2D eigenvalue weighted by atomic mass is 19.4. The highest BCUT2D eigenvalue weighted by Gasteiger charge is 2.30. The lowest BCUT2D eigenvalue weighted by Crippen LogP contribution is -2.27. The third-order valence-corrected chi connectivity index (χ3v) is 3.77. The third-order valence-electron chi connectivity index (χ3n) is 3.77. The molecule has 5 nitrogen and oxygen atoms in total. The number of nitrogens with one attached hydrogen (secondary N) is 1. The molecule has 0 aliphatic heterocycles. The lowest BCUT2D eigenvalue weighted by molar-refractivity contribution is -0.152. The second kappa shape index (κ2) is 9.45. The number of hydrogen-bond acceptors (Lipinski definition) is 4. The van der Waals surface area contributed by atoms with Gasteiger partial charge >= 0.3 is 12.1 Å². The second-order valence-corrected chi connectivity index (χ2v) is 6.84. The van der Waals surface area contributed by atoms with Crippen molar-refractivity contribution in [2.45, 2.75) is 33.1 Å². The molecule has 1 N–H and O–H groups in total. The second-order valence-electron chi connectivity index (χ2n) is 6.84. The Morgan fingerprint density at radius 2 is 1.69 bits per heavy atom. The summed E-state index contributed by atoms with van der Waals surface area (Å²) in [6.45, 7) is 5.68. The highest BCUT2D eigenvalue weighted by molar-refractivity contribution is 6.04. The molecule has 0 aliphatic carbocycles. The van der Waals surface area contributed by atoms with Crippen LogP contribution in [0.25, 0.3) is 0 Å². The average Bonchev–Trinajstić information content (AvgIpc) is 2.66. The van der Waals surface area contributed by atoms with Crippen LogP contribution in [0, 0.1) is 5.92 Å². The van der Waals surface area contributed by atoms with Crippen LogP contribution in [0.15, 0.2) is 48.5 Å². The minimum Gasteiger partial charge on any atom is -0.479 e. The molecule has 0 bridgehead atoms. The van der Waals surface area contributed by atoms with Crippen molar-refractivity contribution >= 4 is 17.6 Å². The zero-order valence-corrected chi connectivity index (χ0v) is 16.2. The molecular weight excluding hydrogens is 387 g/mol. The number of anilines is 1. The number of benzene rings is 2. The number of ether oxygens (including phenoxy) is 2. The maximum atomic E-state index is 12.8. The Balaban J connectivity index is 1.97. The number of esters is 1. The topological polar surface area (TPSA) is 64.6 Å². The highest BCUT2D eigenvalue weighted by Crippen LogP contribution is 2.30. The zero-order chi connectivity index (χ0) is 21.6. The van der Waals surface area contributed by atoms with Gasteiger partial charge in [0.15, 0.2) is 6.10 Å². The Hall–Kier alpha value is -3.03. The van der Waals surface area contributed by atoms with Gasteiger partial charge in [0.05, 0.1) is 12.2 Å². The molecule has 1 unspecified atom stereocenters. The van der Waals surface area contributed by atoms with E-state index in [0.29, 0.717) is 12.4 Å². The number of amides is 1. The summed E-state index contributed by atoms with van der Waals surface area (Å²) in [4.78, 5) is 24.1. The summed E-state index contributed by atoms with van der Waals surface area (Å²) in [5.41, 5.74) is -0.589. The Labute approximate surface area is 166 Å². The largest absolute Gasteiger partial charge is 0.479 e. The van der Waals surface area contributed by atoms with Crippen molar-refractivity contribution < 1.29 is 32.2 Å². The number of halogens is 3. The van der Waals surface area contributed by atoms with Gasteiger partial charge in [0.2, 0.25) is 0 Å². The SMILES string of the molecule is CC(C)COC(=O)C(C)Oc1ccc(C(=O)Nc2cccc(C(F)(F)F)c2)cc1. The van der Waals surface area contributed by atoms with E-state index in [9.17, 15) is 22.8 Å². The smallest absolute Gasteiger partial charge is 0.416 e. The minimum atomic E-state index is -4.49. The number of hydrogen-bond donors (Lipinski definition) is 1. The molecule has 0 aromatic heterocycles. The molecule has 2 aromatic rings. The van der Waals surface area contributed by atoms with Crippen LogP contribution < -0.4 is 10.1 Å². The summed E-state index contributed by atoms with van der Waals surface area (Å²) in [5, 5.41) is 2.42. The van der Waals surface area contributed by atoms with Crippen molar-refractivity contribution in [1.29, 1.82) is 0 Å². The fraction of sp³-hybridized carbons (Fsp3) is 0.333. The number of alkyl halides is 3. The van der Waals surface area contributed by atoms with Crippen LogP contribution in [0.5, 0.6) is 5.75 Å². The molecular formula is C21H22F3NO4. The zero-order valence-electron chi connectivity index (χ0n) is 16.2. The van der Waals surface area contributed by atoms with E-state index in [-0.39, 0.29) is 17.2 Å². The van der Waals surface area contributed by atoms with E-state index in [0.717, 1.165) is 12.1 Å². The molecule has 0 radical (unpaired) electrons. The van der Waals surface area contributed by atoms with E-state index in [2.05, 4.69) is 5.32 Å². The van der Waals surface area contributed by atoms with Crippen molar-refractivity contribution in [3.63, 3.8) is 0 Å². The molecule has 0 fully saturated rings. The molecule has 156 valence electrons. The normalized spacial score (nSPS) is 12.4. The number of rotatable bonds is 7. The summed E-state index contributed by atoms with van der Waals surface area (Å²) in [6, 6.07) is 10.3. The Bertz CT molecular complexity index is 848. The maximum Gasteiger partial charge on any atom is 0.416 e. The predicted octanol–water partition coefficient (Wildman–Crippen LogP) is 4.92. The molecule has 8 heteroatoms. The molecule has 0 heterocycles. The van der Waals surface area contributed by atoms with Gasteiger partial charge in [0, 0.05) is 11.3 Å². The minimum absolute atomic E-state index is 0.0340. The Morgan fingerprint density at radius 3 is 2.28 bits per heavy atom. The van der Waals surface area contributed by atoms with Crippen LogP contribution >= 0.6 is 0 Å². The fourth-order valence-electron chi connectivity index (χ4n) is 2.28. The van der Waals surface area contributed by atoms with Gasteiger partial charge in [0.25, 0.3) is 5.91 Å². The summed E-state index contributed by atoms with van der Waals surface area (Å²) in [7, 11) is 0. The van der Waals surface area contributed by atoms with Crippen molar-refractivity contribution in [3.05, 3.63) is 59.7 Å². The van der Waals surface area contributed by atoms with Gasteiger partial charge in [0.1, 0.15) is 5.75 Å². The Morgan fingerprint density at radius 1 is 1.03 bits per heavy atom. The summed E-state index contributed by atoms with van der Waals surface area (Å²) < 4.78 is 48.9. The summed E-state index contributed by atoms with van der Waals surface area (Å²) in [6.07, 6.45) is -5.31. The van der Waals surface area contributed by atoms with Gasteiger partial charge in [-0.1, -0.05) is 19.9 Å². The molecule has 1 atom stereocenters. The van der Waals surface area contributed by atoms with Crippen LogP contribution in [0.1, 0.15) is 36.7 Å². The quantitative estimate of drug-likeness (QED) is 0.659. The molecule has 1 amide bonds. The predicted molar refractivity (Wildman–Crippen MR) is 102 cm³/mol. The fourth-order valence-corrected chi connectivity index (χ4v) is 2.28. The molecule has 29 heavy (non-hydrogen) atoms. The van der Waals surface area contributed by atoms with Crippen LogP contribution in [0.2, 0.25) is 0 Å². The first-order valence-corrected chi connectivity index (χ1v) is 8.98. The molecule has 0 aliphatic rings. The summed E-state index contributed by atoms with van der Waals surface area (Å²) >= 11 is 0. The van der Waals surface area contributed by atoms with E-state index < -0.39 is 29.7 Å². The molecule has 2 aromatic carbocycles. The van der Waals surface area contributed by atoms with Gasteiger partial charge in [-0.3, -0.25) is 4.79 Å². The standard InChI is InChI=1S/C21H22F3NO4/c1-13(2)12-28-20(27)14(3)29-18-9-7-15(8-10-18)19(26)25-17-6-4-5-16(11-17)21(22,23)24/h4-11,13-14H,12H2,1-3H3,(H,25,26). The van der Waals surface area contributed by atoms with E-state index in [1.54, 1.807) is 6.92 Å². The van der Waals surface area contributed by atoms with Gasteiger partial charge < -0.3 is 14.8 Å². The lowest BCUT2D eigenvalue weighted by atomic mass is 10.1. The van der Waals surface area contributed by atoms with E-state index in [1.165, 1.54) is 36.4 Å². The van der Waals surface area contributed by atoms with E-state index >= 15 is 0 Å². The van der Waals surface area contributed by atoms with Crippen molar-refractivity contribution in [2.24, 2.45) is 5.92 Å². The van der Waals surface area contributed by atoms with Crippen molar-refractivity contribution in [1.82, 2.24) is 0 Å². The molecule has 0 saturated carbocycles. The van der Waals surface area contributed by atoms with Gasteiger partial charge in [-0.05, 0) is 55.3 Å². The number of carbonyl (C=O) groups excluding carboxylic acids is 2. The molecule has 0 saturated heterocycles. The molecule has 2 rings (SSSR count). The van der Waals surface area contributed by atoms with E-state index in [1.807, 2.05) is 13.8 Å². The summed E-state index contributed by atoms with van der Waals surface area (Å²) in [5.74, 6) is -0.499. The van der Waals surface area contributed by atoms with Gasteiger partial charge in [-0.25, -0.2) is 4.79 Å². The lowest BCUT2D eigenvalue weighted by Gasteiger charge is -2.15. The van der Waals surface area contributed by atoms with Crippen LogP contribution in [-0.4, -0.2) is 24.6 Å². The van der Waals surface area contributed by atoms with Gasteiger partial charge in [-0.15, -0.1) is 0 Å². The van der Waals surface area contributed by atoms with Crippen LogP contribution in [0.3, 0.4) is 0 Å². The van der Waals surface area contributed by atoms with Gasteiger partial charge in [-0.2, -0.15) is 13.2 Å². The average molecular weight is 409 g/mol. The maximum absolute atomic E-state index is 12.8. The number of carbonyl (C=O) groups is 2. The van der Waals surface area contributed by atoms with Crippen molar-refractivity contribution in [2.75, 3.05) is 11.9 Å². The van der Waals surface area contributed by atoms with Crippen LogP contribution in [0.4, 0.5) is 18.9 Å². The Kier molecular flexibility index (Phi) is 7.25. The third kappa shape index (κ3) is 6.81. The first-order chi connectivity index (χ1) is 13.6. The first kappa shape index (κ1) is 22.3. The monoisotopic (exact) mass is 409 g/mol. The first-order valence-electron chi connectivity index (χ1n) is 8.98. The molecule has 0 spiro atoms. The van der Waals surface area contributed by atoms with E-state index in [4.69, 9.17) is 9.47 Å². The van der Waals surface area contributed by atoms with Crippen LogP contribution in [-0.2, 0) is 15.7 Å².